The SMILES string of the molecule is COC=Cc1c(C#N)cnn1-c1nn(C)c(OC(F)F)c1Cl. The fraction of sp³-hybridized carbons (Fsp3) is 0.250. The van der Waals surface area contributed by atoms with E-state index in [-0.39, 0.29) is 22.3 Å². The van der Waals surface area contributed by atoms with Crippen LogP contribution in [0.15, 0.2) is 12.5 Å². The first kappa shape index (κ1) is 15.8. The lowest BCUT2D eigenvalue weighted by atomic mass is 10.2. The van der Waals surface area contributed by atoms with Crippen molar-refractivity contribution in [3.05, 3.63) is 28.7 Å². The topological polar surface area (TPSA) is 77.9 Å². The summed E-state index contributed by atoms with van der Waals surface area (Å²) in [4.78, 5) is 0. The number of methoxy groups -OCH3 is 1. The molecule has 116 valence electrons. The molecule has 0 saturated heterocycles. The van der Waals surface area contributed by atoms with E-state index in [1.54, 1.807) is 0 Å². The molecule has 0 aliphatic rings. The van der Waals surface area contributed by atoms with Crippen LogP contribution >= 0.6 is 11.6 Å². The van der Waals surface area contributed by atoms with Crippen LogP contribution in [0, 0.1) is 11.3 Å². The number of nitriles is 1. The van der Waals surface area contributed by atoms with Crippen molar-refractivity contribution >= 4 is 17.7 Å². The molecule has 0 bridgehead atoms. The Bertz CT molecular complexity index is 748. The predicted octanol–water partition coefficient (Wildman–Crippen LogP) is 2.35. The number of halogens is 3. The minimum absolute atomic E-state index is 0.0528. The van der Waals surface area contributed by atoms with Gasteiger partial charge in [-0.2, -0.15) is 19.1 Å². The van der Waals surface area contributed by atoms with Gasteiger partial charge in [0.15, 0.2) is 5.82 Å². The van der Waals surface area contributed by atoms with Crippen LogP contribution in [0.2, 0.25) is 5.02 Å². The second-order valence-electron chi connectivity index (χ2n) is 3.95. The summed E-state index contributed by atoms with van der Waals surface area (Å²) in [5.41, 5.74) is 0.583. The summed E-state index contributed by atoms with van der Waals surface area (Å²) >= 11 is 6.03. The molecule has 0 aliphatic heterocycles. The van der Waals surface area contributed by atoms with E-state index < -0.39 is 6.61 Å². The van der Waals surface area contributed by atoms with Gasteiger partial charge in [-0.1, -0.05) is 11.6 Å². The number of alkyl halides is 2. The molecule has 0 spiro atoms. The Balaban J connectivity index is 2.56. The molecule has 0 atom stereocenters. The van der Waals surface area contributed by atoms with Gasteiger partial charge in [-0.15, -0.1) is 5.10 Å². The summed E-state index contributed by atoms with van der Waals surface area (Å²) < 4.78 is 36.2. The van der Waals surface area contributed by atoms with Crippen LogP contribution in [0.3, 0.4) is 0 Å². The highest BCUT2D eigenvalue weighted by atomic mass is 35.5. The Labute approximate surface area is 128 Å². The third-order valence-electron chi connectivity index (χ3n) is 2.61. The van der Waals surface area contributed by atoms with Crippen LogP contribution in [-0.4, -0.2) is 33.3 Å². The van der Waals surface area contributed by atoms with Crippen molar-refractivity contribution in [1.29, 1.82) is 5.26 Å². The number of ether oxygens (including phenoxy) is 2. The van der Waals surface area contributed by atoms with Gasteiger partial charge in [0.25, 0.3) is 0 Å². The van der Waals surface area contributed by atoms with E-state index in [0.29, 0.717) is 5.69 Å². The maximum Gasteiger partial charge on any atom is 0.388 e. The molecule has 0 radical (unpaired) electrons. The minimum Gasteiger partial charge on any atom is -0.504 e. The van der Waals surface area contributed by atoms with Gasteiger partial charge in [0, 0.05) is 7.05 Å². The lowest BCUT2D eigenvalue weighted by Gasteiger charge is -2.03. The fourth-order valence-corrected chi connectivity index (χ4v) is 2.01. The van der Waals surface area contributed by atoms with Crippen LogP contribution in [-0.2, 0) is 11.8 Å². The largest absolute Gasteiger partial charge is 0.504 e. The minimum atomic E-state index is -3.04. The van der Waals surface area contributed by atoms with E-state index in [1.807, 2.05) is 6.07 Å². The van der Waals surface area contributed by atoms with Gasteiger partial charge in [-0.25, -0.2) is 9.36 Å². The zero-order chi connectivity index (χ0) is 16.3. The second-order valence-corrected chi connectivity index (χ2v) is 4.33. The zero-order valence-corrected chi connectivity index (χ0v) is 12.3. The summed E-state index contributed by atoms with van der Waals surface area (Å²) in [6.07, 6.45) is 4.11. The molecule has 2 heterocycles. The Kier molecular flexibility index (Phi) is 4.62. The van der Waals surface area contributed by atoms with E-state index >= 15 is 0 Å². The van der Waals surface area contributed by atoms with Gasteiger partial charge in [0.05, 0.1) is 30.8 Å². The molecule has 7 nitrogen and oxygen atoms in total. The smallest absolute Gasteiger partial charge is 0.388 e. The standard InChI is InChI=1S/C12H10ClF2N5O2/c1-19-11(22-12(14)15)9(13)10(18-19)20-8(3-4-21-2)7(5-16)6-17-20/h3-4,6,12H,1-2H3. The highest BCUT2D eigenvalue weighted by Gasteiger charge is 2.23. The molecule has 0 amide bonds. The van der Waals surface area contributed by atoms with E-state index in [2.05, 4.69) is 14.9 Å². The van der Waals surface area contributed by atoms with Crippen LogP contribution in [0.5, 0.6) is 5.88 Å². The van der Waals surface area contributed by atoms with Crippen LogP contribution in [0.25, 0.3) is 11.9 Å². The lowest BCUT2D eigenvalue weighted by molar-refractivity contribution is -0.0552. The monoisotopic (exact) mass is 329 g/mol. The molecule has 2 rings (SSSR count). The Morgan fingerprint density at radius 2 is 2.23 bits per heavy atom. The molecule has 2 aromatic rings. The van der Waals surface area contributed by atoms with Gasteiger partial charge < -0.3 is 9.47 Å². The zero-order valence-electron chi connectivity index (χ0n) is 11.5. The van der Waals surface area contributed by atoms with E-state index in [1.165, 1.54) is 37.4 Å². The Morgan fingerprint density at radius 1 is 1.50 bits per heavy atom. The molecule has 0 fully saturated rings. The molecule has 22 heavy (non-hydrogen) atoms. The van der Waals surface area contributed by atoms with Crippen LogP contribution in [0.4, 0.5) is 8.78 Å². The average molecular weight is 330 g/mol. The average Bonchev–Trinajstić information content (AvgIpc) is 3.00. The summed E-state index contributed by atoms with van der Waals surface area (Å²) in [7, 11) is 2.83. The number of hydrogen-bond acceptors (Lipinski definition) is 5. The van der Waals surface area contributed by atoms with Gasteiger partial charge in [-0.05, 0) is 6.08 Å². The highest BCUT2D eigenvalue weighted by molar-refractivity contribution is 6.33. The first-order valence-electron chi connectivity index (χ1n) is 5.84. The summed E-state index contributed by atoms with van der Waals surface area (Å²) in [5.74, 6) is -0.251. The molecule has 0 saturated carbocycles. The van der Waals surface area contributed by atoms with Crippen molar-refractivity contribution in [3.8, 4) is 17.8 Å². The Hall–Kier alpha value is -2.60. The summed E-state index contributed by atoms with van der Waals surface area (Å²) in [5, 5.41) is 16.9. The van der Waals surface area contributed by atoms with Gasteiger partial charge in [-0.3, -0.25) is 0 Å². The van der Waals surface area contributed by atoms with Crippen molar-refractivity contribution in [1.82, 2.24) is 19.6 Å². The lowest BCUT2D eigenvalue weighted by Crippen LogP contribution is -2.06. The second kappa shape index (κ2) is 6.44. The third kappa shape index (κ3) is 2.87. The van der Waals surface area contributed by atoms with Gasteiger partial charge >= 0.3 is 6.61 Å². The number of nitrogens with zero attached hydrogens (tertiary/aromatic N) is 5. The van der Waals surface area contributed by atoms with E-state index in [4.69, 9.17) is 21.6 Å². The first-order chi connectivity index (χ1) is 10.5. The molecular weight excluding hydrogens is 320 g/mol. The molecular formula is C12H10ClF2N5O2. The molecule has 0 aromatic carbocycles. The predicted molar refractivity (Wildman–Crippen MR) is 72.7 cm³/mol. The third-order valence-corrected chi connectivity index (χ3v) is 2.94. The highest BCUT2D eigenvalue weighted by Crippen LogP contribution is 2.32. The van der Waals surface area contributed by atoms with E-state index in [0.717, 1.165) is 4.68 Å². The van der Waals surface area contributed by atoms with Crippen molar-refractivity contribution in [3.63, 3.8) is 0 Å². The van der Waals surface area contributed by atoms with Crippen molar-refractivity contribution in [2.45, 2.75) is 6.61 Å². The quantitative estimate of drug-likeness (QED) is 0.787. The molecule has 10 heteroatoms. The normalized spacial score (nSPS) is 11.1. The number of aromatic nitrogens is 4. The summed E-state index contributed by atoms with van der Waals surface area (Å²) in [6.45, 7) is -3.04. The van der Waals surface area contributed by atoms with Crippen LogP contribution < -0.4 is 4.74 Å². The van der Waals surface area contributed by atoms with Crippen molar-refractivity contribution in [2.24, 2.45) is 7.05 Å². The molecule has 2 aromatic heterocycles. The fourth-order valence-electron chi connectivity index (χ4n) is 1.72. The summed E-state index contributed by atoms with van der Waals surface area (Å²) in [6, 6.07) is 1.95. The number of aryl methyl sites for hydroxylation is 1. The maximum absolute atomic E-state index is 12.4. The van der Waals surface area contributed by atoms with Crippen molar-refractivity contribution < 1.29 is 18.3 Å². The molecule has 0 N–H and O–H groups in total. The Morgan fingerprint density at radius 3 is 2.82 bits per heavy atom. The molecule has 0 aliphatic carbocycles. The molecule has 0 unspecified atom stereocenters. The first-order valence-corrected chi connectivity index (χ1v) is 6.22. The van der Waals surface area contributed by atoms with Gasteiger partial charge in [0.1, 0.15) is 11.1 Å². The van der Waals surface area contributed by atoms with Gasteiger partial charge in [0.2, 0.25) is 5.88 Å². The maximum atomic E-state index is 12.4. The number of rotatable bonds is 5. The number of hydrogen-bond donors (Lipinski definition) is 0. The van der Waals surface area contributed by atoms with E-state index in [9.17, 15) is 8.78 Å². The van der Waals surface area contributed by atoms with Crippen LogP contribution in [0.1, 0.15) is 11.3 Å². The van der Waals surface area contributed by atoms with Crippen molar-refractivity contribution in [2.75, 3.05) is 7.11 Å².